The molecule has 1 rings (SSSR count). The molecule has 0 unspecified atom stereocenters. The zero-order chi connectivity index (χ0) is 17.8. The first-order chi connectivity index (χ1) is 10.4. The number of allylic oxidation sites excluding steroid dienone is 1. The van der Waals surface area contributed by atoms with E-state index in [-0.39, 0.29) is 24.6 Å². The van der Waals surface area contributed by atoms with E-state index in [4.69, 9.17) is 14.2 Å². The molecule has 0 amide bonds. The Labute approximate surface area is 135 Å². The van der Waals surface area contributed by atoms with Crippen LogP contribution in [0.15, 0.2) is 11.3 Å². The number of aliphatic hydroxyl groups is 1. The first kappa shape index (κ1) is 19.0. The lowest BCUT2D eigenvalue weighted by molar-refractivity contribution is -0.222. The maximum absolute atomic E-state index is 11.7. The van der Waals surface area contributed by atoms with Gasteiger partial charge in [-0.05, 0) is 33.6 Å². The van der Waals surface area contributed by atoms with Gasteiger partial charge in [-0.25, -0.2) is 9.59 Å². The lowest BCUT2D eigenvalue weighted by Crippen LogP contribution is -2.42. The molecule has 0 aromatic rings. The molecule has 1 aliphatic heterocycles. The van der Waals surface area contributed by atoms with Gasteiger partial charge in [0.05, 0.1) is 0 Å². The molecule has 0 radical (unpaired) electrons. The molecule has 0 aliphatic carbocycles. The maximum Gasteiger partial charge on any atom is 0.352 e. The monoisotopic (exact) mass is 328 g/mol. The number of esters is 3. The number of cyclic esters (lactones) is 2. The Kier molecular flexibility index (Phi) is 5.80. The summed E-state index contributed by atoms with van der Waals surface area (Å²) in [5.74, 6) is -3.87. The van der Waals surface area contributed by atoms with Crippen LogP contribution in [0.1, 0.15) is 60.3 Å². The summed E-state index contributed by atoms with van der Waals surface area (Å²) in [6, 6.07) is 0. The Morgan fingerprint density at radius 1 is 1.09 bits per heavy atom. The fourth-order valence-corrected chi connectivity index (χ4v) is 1.97. The molecule has 23 heavy (non-hydrogen) atoms. The zero-order valence-corrected chi connectivity index (χ0v) is 14.2. The summed E-state index contributed by atoms with van der Waals surface area (Å²) in [6.45, 7) is 8.20. The molecule has 7 heteroatoms. The minimum absolute atomic E-state index is 0.0722. The Bertz CT molecular complexity index is 501. The van der Waals surface area contributed by atoms with E-state index in [1.54, 1.807) is 20.8 Å². The van der Waals surface area contributed by atoms with Crippen LogP contribution in [0, 0.1) is 0 Å². The van der Waals surface area contributed by atoms with Gasteiger partial charge < -0.3 is 19.3 Å². The van der Waals surface area contributed by atoms with Gasteiger partial charge in [-0.1, -0.05) is 0 Å². The Hall–Kier alpha value is -2.05. The van der Waals surface area contributed by atoms with E-state index < -0.39 is 28.9 Å². The average molecular weight is 328 g/mol. The third-order valence-electron chi connectivity index (χ3n) is 2.84. The Morgan fingerprint density at radius 3 is 2.04 bits per heavy atom. The van der Waals surface area contributed by atoms with Crippen molar-refractivity contribution in [3.63, 3.8) is 0 Å². The van der Waals surface area contributed by atoms with Crippen molar-refractivity contribution in [3.8, 4) is 0 Å². The molecule has 1 N–H and O–H groups in total. The van der Waals surface area contributed by atoms with E-state index in [2.05, 4.69) is 0 Å². The third kappa shape index (κ3) is 6.30. The third-order valence-corrected chi connectivity index (χ3v) is 2.84. The van der Waals surface area contributed by atoms with Crippen LogP contribution < -0.4 is 0 Å². The molecule has 130 valence electrons. The molecule has 1 saturated heterocycles. The minimum Gasteiger partial charge on any atom is -0.511 e. The van der Waals surface area contributed by atoms with E-state index in [9.17, 15) is 19.5 Å². The topological polar surface area (TPSA) is 99.1 Å². The van der Waals surface area contributed by atoms with Gasteiger partial charge in [-0.2, -0.15) is 0 Å². The van der Waals surface area contributed by atoms with Crippen molar-refractivity contribution in [1.29, 1.82) is 0 Å². The molecular formula is C16H24O7. The molecule has 1 fully saturated rings. The minimum atomic E-state index is -1.34. The van der Waals surface area contributed by atoms with Crippen molar-refractivity contribution >= 4 is 17.9 Å². The van der Waals surface area contributed by atoms with E-state index >= 15 is 0 Å². The van der Waals surface area contributed by atoms with Gasteiger partial charge in [0.15, 0.2) is 5.57 Å². The molecular weight excluding hydrogens is 304 g/mol. The van der Waals surface area contributed by atoms with Crippen molar-refractivity contribution in [3.05, 3.63) is 11.3 Å². The lowest BCUT2D eigenvalue weighted by Gasteiger charge is -2.30. The highest BCUT2D eigenvalue weighted by molar-refractivity contribution is 6.15. The van der Waals surface area contributed by atoms with Gasteiger partial charge in [0, 0.05) is 26.7 Å². The highest BCUT2D eigenvalue weighted by atomic mass is 16.7. The normalized spacial score (nSPS) is 17.3. The second-order valence-electron chi connectivity index (χ2n) is 6.79. The number of unbranched alkanes of at least 4 members (excludes halogenated alkanes) is 1. The first-order valence-corrected chi connectivity index (χ1v) is 7.52. The maximum atomic E-state index is 11.7. The summed E-state index contributed by atoms with van der Waals surface area (Å²) in [5, 5.41) is 9.90. The van der Waals surface area contributed by atoms with Crippen molar-refractivity contribution in [2.75, 3.05) is 0 Å². The molecule has 7 nitrogen and oxygen atoms in total. The number of hydrogen-bond acceptors (Lipinski definition) is 7. The summed E-state index contributed by atoms with van der Waals surface area (Å²) in [5.41, 5.74) is -1.02. The van der Waals surface area contributed by atoms with E-state index in [0.717, 1.165) is 0 Å². The summed E-state index contributed by atoms with van der Waals surface area (Å²) in [4.78, 5) is 35.0. The Balaban J connectivity index is 2.50. The van der Waals surface area contributed by atoms with Gasteiger partial charge >= 0.3 is 17.9 Å². The number of aliphatic hydroxyl groups excluding tert-OH is 1. The average Bonchev–Trinajstić information content (AvgIpc) is 2.29. The number of rotatable bonds is 5. The summed E-state index contributed by atoms with van der Waals surface area (Å²) < 4.78 is 15.0. The zero-order valence-electron chi connectivity index (χ0n) is 14.2. The fourth-order valence-electron chi connectivity index (χ4n) is 1.97. The summed E-state index contributed by atoms with van der Waals surface area (Å²) >= 11 is 0. The van der Waals surface area contributed by atoms with Crippen LogP contribution in [0.2, 0.25) is 0 Å². The van der Waals surface area contributed by atoms with Gasteiger partial charge in [0.25, 0.3) is 5.79 Å². The van der Waals surface area contributed by atoms with Crippen molar-refractivity contribution in [1.82, 2.24) is 0 Å². The van der Waals surface area contributed by atoms with Crippen LogP contribution in [0.3, 0.4) is 0 Å². The molecule has 0 aromatic carbocycles. The smallest absolute Gasteiger partial charge is 0.352 e. The van der Waals surface area contributed by atoms with Crippen LogP contribution in [-0.4, -0.2) is 34.4 Å². The predicted octanol–water partition coefficient (Wildman–Crippen LogP) is 2.54. The molecule has 0 spiro atoms. The van der Waals surface area contributed by atoms with Crippen LogP contribution in [-0.2, 0) is 28.6 Å². The second-order valence-corrected chi connectivity index (χ2v) is 6.79. The predicted molar refractivity (Wildman–Crippen MR) is 80.2 cm³/mol. The summed E-state index contributed by atoms with van der Waals surface area (Å²) in [6.07, 6.45) is 1.14. The molecule has 1 aliphatic rings. The Morgan fingerprint density at radius 2 is 1.57 bits per heavy atom. The van der Waals surface area contributed by atoms with Gasteiger partial charge in [0.1, 0.15) is 11.4 Å². The van der Waals surface area contributed by atoms with Crippen LogP contribution in [0.5, 0.6) is 0 Å². The fraction of sp³-hybridized carbons (Fsp3) is 0.688. The molecule has 0 bridgehead atoms. The SMILES string of the molecule is CC(C)(C)OC(=O)CCCCC(O)=C1C(=O)OC(C)(C)OC1=O. The molecule has 0 atom stereocenters. The van der Waals surface area contributed by atoms with Gasteiger partial charge in [-0.3, -0.25) is 4.79 Å². The lowest BCUT2D eigenvalue weighted by atomic mass is 10.1. The highest BCUT2D eigenvalue weighted by Gasteiger charge is 2.40. The van der Waals surface area contributed by atoms with Crippen molar-refractivity contribution in [2.45, 2.75) is 71.7 Å². The van der Waals surface area contributed by atoms with Crippen LogP contribution >= 0.6 is 0 Å². The van der Waals surface area contributed by atoms with E-state index in [1.807, 2.05) is 0 Å². The number of carbonyl (C=O) groups is 3. The molecule has 0 saturated carbocycles. The number of ether oxygens (including phenoxy) is 3. The molecule has 1 heterocycles. The van der Waals surface area contributed by atoms with Gasteiger partial charge in [-0.15, -0.1) is 0 Å². The van der Waals surface area contributed by atoms with E-state index in [1.165, 1.54) is 13.8 Å². The second kappa shape index (κ2) is 7.02. The van der Waals surface area contributed by atoms with Crippen molar-refractivity contribution < 1.29 is 33.7 Å². The highest BCUT2D eigenvalue weighted by Crippen LogP contribution is 2.25. The van der Waals surface area contributed by atoms with E-state index in [0.29, 0.717) is 12.8 Å². The molecule has 0 aromatic heterocycles. The van der Waals surface area contributed by atoms with Crippen molar-refractivity contribution in [2.24, 2.45) is 0 Å². The van der Waals surface area contributed by atoms with Crippen LogP contribution in [0.25, 0.3) is 0 Å². The number of hydrogen-bond donors (Lipinski definition) is 1. The number of carbonyl (C=O) groups excluding carboxylic acids is 3. The first-order valence-electron chi connectivity index (χ1n) is 7.52. The summed E-state index contributed by atoms with van der Waals surface area (Å²) in [7, 11) is 0. The standard InChI is InChI=1S/C16H24O7/c1-15(2,3)21-11(18)9-7-6-8-10(17)12-13(19)22-16(4,5)23-14(12)20/h17H,6-9H2,1-5H3. The van der Waals surface area contributed by atoms with Gasteiger partial charge in [0.2, 0.25) is 0 Å². The van der Waals surface area contributed by atoms with Crippen LogP contribution in [0.4, 0.5) is 0 Å². The quantitative estimate of drug-likeness (QED) is 0.272. The largest absolute Gasteiger partial charge is 0.511 e.